The van der Waals surface area contributed by atoms with Crippen LogP contribution in [0.1, 0.15) is 54.4 Å². The molecular weight excluding hydrogens is 290 g/mol. The maximum atomic E-state index is 11.9. The van der Waals surface area contributed by atoms with Gasteiger partial charge in [0, 0.05) is 12.8 Å². The van der Waals surface area contributed by atoms with Crippen LogP contribution < -0.4 is 0 Å². The first-order valence-corrected chi connectivity index (χ1v) is 8.50. The normalized spacial score (nSPS) is 8.35. The van der Waals surface area contributed by atoms with Gasteiger partial charge in [-0.15, -0.1) is 0 Å². The summed E-state index contributed by atoms with van der Waals surface area (Å²) in [7, 11) is 0. The van der Waals surface area contributed by atoms with Crippen LogP contribution >= 0.6 is 0 Å². The minimum atomic E-state index is -2.42. The molecular formula is C21H34F2. The van der Waals surface area contributed by atoms with Crippen molar-refractivity contribution in [3.05, 3.63) is 72.8 Å². The van der Waals surface area contributed by atoms with Crippen LogP contribution in [0.5, 0.6) is 0 Å². The van der Waals surface area contributed by atoms with E-state index in [0.717, 1.165) is 0 Å². The molecule has 0 fully saturated rings. The number of hydrogen-bond donors (Lipinski definition) is 0. The fourth-order valence-corrected chi connectivity index (χ4v) is 1.02. The molecule has 0 bridgehead atoms. The van der Waals surface area contributed by atoms with Gasteiger partial charge in [-0.25, -0.2) is 8.78 Å². The lowest BCUT2D eigenvalue weighted by molar-refractivity contribution is -0.00646. The van der Waals surface area contributed by atoms with Crippen molar-refractivity contribution in [1.29, 1.82) is 0 Å². The molecule has 2 heteroatoms. The molecule has 0 nitrogen and oxygen atoms in total. The highest BCUT2D eigenvalue weighted by atomic mass is 19.3. The Labute approximate surface area is 142 Å². The van der Waals surface area contributed by atoms with Gasteiger partial charge in [-0.2, -0.15) is 0 Å². The molecule has 2 rings (SSSR count). The van der Waals surface area contributed by atoms with Crippen molar-refractivity contribution in [2.75, 3.05) is 0 Å². The molecule has 132 valence electrons. The average molecular weight is 324 g/mol. The van der Waals surface area contributed by atoms with Gasteiger partial charge in [0.25, 0.3) is 0 Å². The Morgan fingerprint density at radius 3 is 0.652 bits per heavy atom. The van der Waals surface area contributed by atoms with Crippen molar-refractivity contribution in [3.8, 4) is 0 Å². The standard InChI is InChI=1S/2C6H6.C5H10F2.2C2H6/c2*1-2-4-6-5-3-1;1-3-5(6,7)4-2;2*1-2/h2*1-6H;3-4H2,1-2H3;2*1-2H3. The van der Waals surface area contributed by atoms with Gasteiger partial charge in [0.2, 0.25) is 5.92 Å². The van der Waals surface area contributed by atoms with Gasteiger partial charge in [-0.1, -0.05) is 114 Å². The summed E-state index contributed by atoms with van der Waals surface area (Å²) in [5.74, 6) is -2.42. The number of benzene rings is 2. The molecule has 2 aromatic carbocycles. The molecule has 0 aromatic heterocycles. The molecule has 0 amide bonds. The molecule has 0 aliphatic heterocycles. The van der Waals surface area contributed by atoms with Gasteiger partial charge >= 0.3 is 0 Å². The molecule has 2 aromatic rings. The van der Waals surface area contributed by atoms with Crippen molar-refractivity contribution in [2.45, 2.75) is 60.3 Å². The second-order valence-electron chi connectivity index (χ2n) is 3.87. The summed E-state index contributed by atoms with van der Waals surface area (Å²) in [6.45, 7) is 11.0. The van der Waals surface area contributed by atoms with E-state index in [9.17, 15) is 8.78 Å². The van der Waals surface area contributed by atoms with E-state index in [-0.39, 0.29) is 12.8 Å². The fraction of sp³-hybridized carbons (Fsp3) is 0.429. The predicted octanol–water partition coefficient (Wildman–Crippen LogP) is 7.87. The Hall–Kier alpha value is -1.70. The van der Waals surface area contributed by atoms with Gasteiger partial charge in [0.15, 0.2) is 0 Å². The Morgan fingerprint density at radius 1 is 0.478 bits per heavy atom. The Bertz CT molecular complexity index is 281. The first-order chi connectivity index (χ1) is 11.1. The van der Waals surface area contributed by atoms with E-state index in [0.29, 0.717) is 0 Å². The van der Waals surface area contributed by atoms with Crippen LogP contribution in [-0.4, -0.2) is 5.92 Å². The zero-order valence-electron chi connectivity index (χ0n) is 15.6. The third-order valence-corrected chi connectivity index (χ3v) is 2.37. The van der Waals surface area contributed by atoms with E-state index in [2.05, 4.69) is 0 Å². The van der Waals surface area contributed by atoms with Crippen LogP contribution in [0.3, 0.4) is 0 Å². The first-order valence-electron chi connectivity index (χ1n) is 8.50. The maximum Gasteiger partial charge on any atom is 0.247 e. The molecule has 0 spiro atoms. The highest BCUT2D eigenvalue weighted by molar-refractivity contribution is 4.99. The zero-order valence-corrected chi connectivity index (χ0v) is 15.6. The van der Waals surface area contributed by atoms with Crippen LogP contribution in [0, 0.1) is 0 Å². The van der Waals surface area contributed by atoms with E-state index in [4.69, 9.17) is 0 Å². The summed E-state index contributed by atoms with van der Waals surface area (Å²) in [4.78, 5) is 0. The predicted molar refractivity (Wildman–Crippen MR) is 101 cm³/mol. The molecule has 0 aliphatic rings. The molecule has 0 saturated carbocycles. The molecule has 0 heterocycles. The lowest BCUT2D eigenvalue weighted by Gasteiger charge is -2.08. The lowest BCUT2D eigenvalue weighted by Crippen LogP contribution is -2.10. The van der Waals surface area contributed by atoms with E-state index in [1.165, 1.54) is 13.8 Å². The Morgan fingerprint density at radius 2 is 0.609 bits per heavy atom. The summed E-state index contributed by atoms with van der Waals surface area (Å²) < 4.78 is 23.8. The topological polar surface area (TPSA) is 0 Å². The number of hydrogen-bond acceptors (Lipinski definition) is 0. The maximum absolute atomic E-state index is 11.9. The summed E-state index contributed by atoms with van der Waals surface area (Å²) in [6, 6.07) is 24.0. The van der Waals surface area contributed by atoms with E-state index in [1.807, 2.05) is 100 Å². The van der Waals surface area contributed by atoms with Crippen LogP contribution in [0.2, 0.25) is 0 Å². The van der Waals surface area contributed by atoms with Crippen molar-refractivity contribution < 1.29 is 8.78 Å². The second-order valence-corrected chi connectivity index (χ2v) is 3.87. The molecule has 0 unspecified atom stereocenters. The minimum Gasteiger partial charge on any atom is -0.207 e. The summed E-state index contributed by atoms with van der Waals surface area (Å²) in [5.41, 5.74) is 0. The van der Waals surface area contributed by atoms with Crippen LogP contribution in [0.25, 0.3) is 0 Å². The van der Waals surface area contributed by atoms with E-state index >= 15 is 0 Å². The van der Waals surface area contributed by atoms with E-state index < -0.39 is 5.92 Å². The third kappa shape index (κ3) is 25.6. The smallest absolute Gasteiger partial charge is 0.207 e. The van der Waals surface area contributed by atoms with Gasteiger partial charge in [-0.05, 0) is 0 Å². The molecule has 0 atom stereocenters. The Kier molecular flexibility index (Phi) is 25.7. The summed E-state index contributed by atoms with van der Waals surface area (Å²) >= 11 is 0. The quantitative estimate of drug-likeness (QED) is 0.527. The van der Waals surface area contributed by atoms with E-state index in [1.54, 1.807) is 0 Å². The monoisotopic (exact) mass is 324 g/mol. The number of halogens is 2. The minimum absolute atomic E-state index is 0.0382. The summed E-state index contributed by atoms with van der Waals surface area (Å²) in [6.07, 6.45) is -0.0764. The van der Waals surface area contributed by atoms with Crippen molar-refractivity contribution in [1.82, 2.24) is 0 Å². The largest absolute Gasteiger partial charge is 0.247 e. The van der Waals surface area contributed by atoms with Gasteiger partial charge in [-0.3, -0.25) is 0 Å². The van der Waals surface area contributed by atoms with Gasteiger partial charge in [0.05, 0.1) is 0 Å². The highest BCUT2D eigenvalue weighted by Crippen LogP contribution is 2.20. The van der Waals surface area contributed by atoms with Crippen LogP contribution in [0.15, 0.2) is 72.8 Å². The van der Waals surface area contributed by atoms with Crippen molar-refractivity contribution >= 4 is 0 Å². The van der Waals surface area contributed by atoms with Crippen molar-refractivity contribution in [3.63, 3.8) is 0 Å². The first kappa shape index (κ1) is 26.2. The SMILES string of the molecule is CC.CC.CCC(F)(F)CC.c1ccccc1.c1ccccc1. The highest BCUT2D eigenvalue weighted by Gasteiger charge is 2.21. The molecule has 0 radical (unpaired) electrons. The molecule has 23 heavy (non-hydrogen) atoms. The van der Waals surface area contributed by atoms with Gasteiger partial charge in [0.1, 0.15) is 0 Å². The van der Waals surface area contributed by atoms with Crippen LogP contribution in [-0.2, 0) is 0 Å². The lowest BCUT2D eigenvalue weighted by atomic mass is 10.2. The van der Waals surface area contributed by atoms with Crippen molar-refractivity contribution in [2.24, 2.45) is 0 Å². The number of alkyl halides is 2. The molecule has 0 saturated heterocycles. The van der Waals surface area contributed by atoms with Gasteiger partial charge < -0.3 is 0 Å². The Balaban J connectivity index is -0.000000235. The second kappa shape index (κ2) is 22.6. The average Bonchev–Trinajstić information content (AvgIpc) is 2.69. The number of rotatable bonds is 2. The third-order valence-electron chi connectivity index (χ3n) is 2.37. The summed E-state index contributed by atoms with van der Waals surface area (Å²) in [5, 5.41) is 0. The molecule has 0 aliphatic carbocycles. The fourth-order valence-electron chi connectivity index (χ4n) is 1.02. The van der Waals surface area contributed by atoms with Crippen LogP contribution in [0.4, 0.5) is 8.78 Å². The zero-order chi connectivity index (χ0) is 18.4. The molecule has 0 N–H and O–H groups in total.